The lowest BCUT2D eigenvalue weighted by Gasteiger charge is -2.08. The standard InChI is InChI=1S/C20H16N4O2/c1-24-9-3-6-17(20(24)26)19(25)22-16-5-2-4-13(11-16)14-7-8-18-15(10-14)12-21-23-18/h2-12H,1H3,(H,21,23)(H,22,25). The number of carbonyl (C=O) groups excluding carboxylic acids is 1. The van der Waals surface area contributed by atoms with Gasteiger partial charge in [-0.15, -0.1) is 0 Å². The van der Waals surface area contributed by atoms with Crippen LogP contribution in [0.25, 0.3) is 22.0 Å². The number of amides is 1. The molecule has 0 radical (unpaired) electrons. The van der Waals surface area contributed by atoms with E-state index in [0.717, 1.165) is 22.0 Å². The summed E-state index contributed by atoms with van der Waals surface area (Å²) in [5, 5.41) is 10.8. The molecule has 2 N–H and O–H groups in total. The van der Waals surface area contributed by atoms with Gasteiger partial charge in [0.15, 0.2) is 0 Å². The zero-order valence-corrected chi connectivity index (χ0v) is 14.1. The molecule has 0 aliphatic carbocycles. The van der Waals surface area contributed by atoms with Gasteiger partial charge in [0.25, 0.3) is 11.5 Å². The molecule has 0 spiro atoms. The van der Waals surface area contributed by atoms with E-state index in [1.54, 1.807) is 31.6 Å². The summed E-state index contributed by atoms with van der Waals surface area (Å²) in [5.41, 5.74) is 3.37. The maximum Gasteiger partial charge on any atom is 0.263 e. The Bertz CT molecular complexity index is 1170. The van der Waals surface area contributed by atoms with Crippen LogP contribution in [0.15, 0.2) is 71.8 Å². The lowest BCUT2D eigenvalue weighted by Crippen LogP contribution is -2.26. The van der Waals surface area contributed by atoms with E-state index in [4.69, 9.17) is 0 Å². The van der Waals surface area contributed by atoms with Crippen molar-refractivity contribution in [2.45, 2.75) is 0 Å². The lowest BCUT2D eigenvalue weighted by molar-refractivity contribution is 0.102. The molecule has 26 heavy (non-hydrogen) atoms. The van der Waals surface area contributed by atoms with Crippen LogP contribution in [0.2, 0.25) is 0 Å². The molecule has 0 saturated heterocycles. The first-order chi connectivity index (χ1) is 12.6. The van der Waals surface area contributed by atoms with Crippen molar-refractivity contribution < 1.29 is 4.79 Å². The number of carbonyl (C=O) groups is 1. The molecular formula is C20H16N4O2. The second-order valence-electron chi connectivity index (χ2n) is 6.04. The van der Waals surface area contributed by atoms with E-state index >= 15 is 0 Å². The van der Waals surface area contributed by atoms with Crippen molar-refractivity contribution in [1.82, 2.24) is 14.8 Å². The zero-order chi connectivity index (χ0) is 18.1. The summed E-state index contributed by atoms with van der Waals surface area (Å²) in [6.45, 7) is 0. The third-order valence-corrected chi connectivity index (χ3v) is 4.26. The fourth-order valence-electron chi connectivity index (χ4n) is 2.87. The quantitative estimate of drug-likeness (QED) is 0.599. The molecular weight excluding hydrogens is 328 g/mol. The first kappa shape index (κ1) is 15.8. The van der Waals surface area contributed by atoms with Gasteiger partial charge in [0.2, 0.25) is 0 Å². The van der Waals surface area contributed by atoms with Gasteiger partial charge in [0.1, 0.15) is 5.56 Å². The monoisotopic (exact) mass is 344 g/mol. The number of fused-ring (bicyclic) bond motifs is 1. The fourth-order valence-corrected chi connectivity index (χ4v) is 2.87. The average molecular weight is 344 g/mol. The fraction of sp³-hybridized carbons (Fsp3) is 0.0500. The molecule has 0 aliphatic rings. The Morgan fingerprint density at radius 2 is 1.92 bits per heavy atom. The van der Waals surface area contributed by atoms with Crippen LogP contribution in [-0.4, -0.2) is 20.7 Å². The summed E-state index contributed by atoms with van der Waals surface area (Å²) in [4.78, 5) is 24.5. The number of H-pyrrole nitrogens is 1. The number of aromatic amines is 1. The molecule has 0 unspecified atom stereocenters. The number of pyridine rings is 1. The highest BCUT2D eigenvalue weighted by Gasteiger charge is 2.11. The number of aromatic nitrogens is 3. The maximum atomic E-state index is 12.4. The minimum atomic E-state index is -0.423. The summed E-state index contributed by atoms with van der Waals surface area (Å²) in [6.07, 6.45) is 3.39. The van der Waals surface area contributed by atoms with Gasteiger partial charge in [-0.05, 0) is 47.5 Å². The third kappa shape index (κ3) is 2.88. The zero-order valence-electron chi connectivity index (χ0n) is 14.1. The number of rotatable bonds is 3. The van der Waals surface area contributed by atoms with E-state index in [2.05, 4.69) is 15.5 Å². The van der Waals surface area contributed by atoms with Crippen LogP contribution in [0.4, 0.5) is 5.69 Å². The minimum Gasteiger partial charge on any atom is -0.322 e. The van der Waals surface area contributed by atoms with E-state index in [-0.39, 0.29) is 11.1 Å². The van der Waals surface area contributed by atoms with E-state index in [0.29, 0.717) is 5.69 Å². The molecule has 2 heterocycles. The van der Waals surface area contributed by atoms with E-state index in [1.165, 1.54) is 10.6 Å². The largest absolute Gasteiger partial charge is 0.322 e. The highest BCUT2D eigenvalue weighted by Crippen LogP contribution is 2.25. The van der Waals surface area contributed by atoms with Gasteiger partial charge in [-0.25, -0.2) is 0 Å². The lowest BCUT2D eigenvalue weighted by atomic mass is 10.0. The Morgan fingerprint density at radius 3 is 2.81 bits per heavy atom. The number of nitrogens with zero attached hydrogens (tertiary/aromatic N) is 2. The van der Waals surface area contributed by atoms with Gasteiger partial charge in [-0.2, -0.15) is 5.10 Å². The first-order valence-electron chi connectivity index (χ1n) is 8.12. The Labute approximate surface area is 149 Å². The molecule has 2 aromatic carbocycles. The van der Waals surface area contributed by atoms with Crippen LogP contribution < -0.4 is 10.9 Å². The van der Waals surface area contributed by atoms with Crippen molar-refractivity contribution in [3.8, 4) is 11.1 Å². The molecule has 6 heteroatoms. The van der Waals surface area contributed by atoms with Crippen LogP contribution in [0.5, 0.6) is 0 Å². The predicted octanol–water partition coefficient (Wildman–Crippen LogP) is 3.18. The number of hydrogen-bond donors (Lipinski definition) is 2. The first-order valence-corrected chi connectivity index (χ1v) is 8.12. The number of hydrogen-bond acceptors (Lipinski definition) is 3. The van der Waals surface area contributed by atoms with Gasteiger partial charge in [0, 0.05) is 24.3 Å². The van der Waals surface area contributed by atoms with Crippen molar-refractivity contribution in [2.24, 2.45) is 7.05 Å². The van der Waals surface area contributed by atoms with Crippen LogP contribution in [-0.2, 0) is 7.05 Å². The summed E-state index contributed by atoms with van der Waals surface area (Å²) in [6, 6.07) is 16.7. The summed E-state index contributed by atoms with van der Waals surface area (Å²) in [7, 11) is 1.62. The second kappa shape index (κ2) is 6.33. The Kier molecular flexibility index (Phi) is 3.85. The van der Waals surface area contributed by atoms with Crippen LogP contribution in [0.3, 0.4) is 0 Å². The van der Waals surface area contributed by atoms with Gasteiger partial charge >= 0.3 is 0 Å². The molecule has 0 fully saturated rings. The molecule has 0 atom stereocenters. The maximum absolute atomic E-state index is 12.4. The molecule has 6 nitrogen and oxygen atoms in total. The molecule has 4 rings (SSSR count). The molecule has 0 bridgehead atoms. The molecule has 1 amide bonds. The normalized spacial score (nSPS) is 10.8. The van der Waals surface area contributed by atoms with Crippen molar-refractivity contribution >= 4 is 22.5 Å². The van der Waals surface area contributed by atoms with E-state index in [9.17, 15) is 9.59 Å². The number of anilines is 1. The number of aryl methyl sites for hydroxylation is 1. The predicted molar refractivity (Wildman–Crippen MR) is 101 cm³/mol. The highest BCUT2D eigenvalue weighted by atomic mass is 16.2. The Hall–Kier alpha value is -3.67. The van der Waals surface area contributed by atoms with E-state index < -0.39 is 5.91 Å². The van der Waals surface area contributed by atoms with Crippen LogP contribution >= 0.6 is 0 Å². The average Bonchev–Trinajstić information content (AvgIpc) is 3.12. The second-order valence-corrected chi connectivity index (χ2v) is 6.04. The summed E-state index contributed by atoms with van der Waals surface area (Å²) >= 11 is 0. The molecule has 4 aromatic rings. The summed E-state index contributed by atoms with van der Waals surface area (Å²) in [5.74, 6) is -0.423. The van der Waals surface area contributed by atoms with Crippen molar-refractivity contribution in [3.05, 3.63) is 82.9 Å². The van der Waals surface area contributed by atoms with Gasteiger partial charge in [-0.1, -0.05) is 18.2 Å². The van der Waals surface area contributed by atoms with Gasteiger partial charge in [-0.3, -0.25) is 14.7 Å². The Balaban J connectivity index is 1.64. The number of nitrogens with one attached hydrogen (secondary N) is 2. The SMILES string of the molecule is Cn1cccc(C(=O)Nc2cccc(-c3ccc4[nH]ncc4c3)c2)c1=O. The topological polar surface area (TPSA) is 79.8 Å². The summed E-state index contributed by atoms with van der Waals surface area (Å²) < 4.78 is 1.38. The van der Waals surface area contributed by atoms with Crippen LogP contribution in [0.1, 0.15) is 10.4 Å². The minimum absolute atomic E-state index is 0.111. The molecule has 2 aromatic heterocycles. The number of benzene rings is 2. The highest BCUT2D eigenvalue weighted by molar-refractivity contribution is 6.04. The molecule has 0 aliphatic heterocycles. The molecule has 0 saturated carbocycles. The van der Waals surface area contributed by atoms with Gasteiger partial charge in [0.05, 0.1) is 11.7 Å². The van der Waals surface area contributed by atoms with Crippen LogP contribution in [0, 0.1) is 0 Å². The van der Waals surface area contributed by atoms with Crippen molar-refractivity contribution in [1.29, 1.82) is 0 Å². The van der Waals surface area contributed by atoms with Crippen molar-refractivity contribution in [2.75, 3.05) is 5.32 Å². The third-order valence-electron chi connectivity index (χ3n) is 4.26. The van der Waals surface area contributed by atoms with Gasteiger partial charge < -0.3 is 9.88 Å². The smallest absolute Gasteiger partial charge is 0.263 e. The Morgan fingerprint density at radius 1 is 1.08 bits per heavy atom. The molecule has 128 valence electrons. The van der Waals surface area contributed by atoms with Crippen molar-refractivity contribution in [3.63, 3.8) is 0 Å². The van der Waals surface area contributed by atoms with E-state index in [1.807, 2.05) is 36.4 Å².